The third kappa shape index (κ3) is 4.54. The number of nitrogens with zero attached hydrogens (tertiary/aromatic N) is 1. The lowest BCUT2D eigenvalue weighted by molar-refractivity contribution is -0.944. The molecule has 0 aromatic heterocycles. The average molecular weight is 517 g/mol. The normalized spacial score (nSPS) is 32.2. The number of rotatable bonds is 10. The van der Waals surface area contributed by atoms with Gasteiger partial charge in [0.15, 0.2) is 6.00 Å². The Morgan fingerprint density at radius 2 is 1.30 bits per heavy atom. The molecule has 0 aliphatic heterocycles. The van der Waals surface area contributed by atoms with Crippen molar-refractivity contribution < 1.29 is 9.59 Å². The van der Waals surface area contributed by atoms with Gasteiger partial charge in [-0.15, -0.1) is 0 Å². The summed E-state index contributed by atoms with van der Waals surface area (Å²) in [5.74, 6) is 3.36. The lowest BCUT2D eigenvalue weighted by Crippen LogP contribution is -2.66. The van der Waals surface area contributed by atoms with Crippen molar-refractivity contribution in [1.29, 1.82) is 0 Å². The first-order chi connectivity index (χ1) is 17.9. The van der Waals surface area contributed by atoms with Crippen LogP contribution in [0.2, 0.25) is 0 Å². The van der Waals surface area contributed by atoms with E-state index in [2.05, 4.69) is 91.9 Å². The van der Waals surface area contributed by atoms with Gasteiger partial charge < -0.3 is 9.59 Å². The maximum atomic E-state index is 12.7. The van der Waals surface area contributed by atoms with Crippen LogP contribution < -0.4 is 0 Å². The highest BCUT2D eigenvalue weighted by atomic mass is 35.5. The van der Waals surface area contributed by atoms with Crippen LogP contribution in [-0.4, -0.2) is 27.7 Å². The van der Waals surface area contributed by atoms with Crippen LogP contribution in [0.25, 0.3) is 0 Å². The summed E-state index contributed by atoms with van der Waals surface area (Å²) in [5.41, 5.74) is 1.81. The molecule has 5 aliphatic rings. The number of halogens is 1. The van der Waals surface area contributed by atoms with Gasteiger partial charge in [-0.25, -0.2) is 0 Å². The van der Waals surface area contributed by atoms with Gasteiger partial charge in [0.05, 0.1) is 12.1 Å². The quantitative estimate of drug-likeness (QED) is 0.194. The fraction of sp³-hybridized carbons (Fsp3) is 0.529. The standard InChI is InChI=1S/C34H43ClNO/c1-33(37,34(30-14-8-9-15-30)31-19-28-18-29(21-31)22-32(34)20-28)16-17-36(25-35,23-26-10-4-2-5-11-26)24-27-12-6-3-7-13-27/h2-15,28-32,37H,16-25H2,1H3/q+1/t28?,29?,31?,32?,33-,34?/m0/s1. The number of quaternary nitrogens is 1. The van der Waals surface area contributed by atoms with E-state index < -0.39 is 5.60 Å². The molecule has 2 aromatic carbocycles. The fourth-order valence-electron chi connectivity index (χ4n) is 9.47. The minimum absolute atomic E-state index is 0.0641. The van der Waals surface area contributed by atoms with Crippen molar-refractivity contribution in [2.24, 2.45) is 35.0 Å². The Hall–Kier alpha value is -1.87. The second-order valence-corrected chi connectivity index (χ2v) is 13.3. The van der Waals surface area contributed by atoms with Crippen LogP contribution in [0.1, 0.15) is 56.6 Å². The number of benzene rings is 2. The summed E-state index contributed by atoms with van der Waals surface area (Å²) in [6.45, 7) is 4.82. The highest BCUT2D eigenvalue weighted by Crippen LogP contribution is 2.69. The minimum atomic E-state index is -0.748. The molecule has 1 N–H and O–H groups in total. The molecule has 1 atom stereocenters. The number of allylic oxidation sites excluding steroid dienone is 4. The Morgan fingerprint density at radius 1 is 0.811 bits per heavy atom. The van der Waals surface area contributed by atoms with Gasteiger partial charge in [-0.3, -0.25) is 0 Å². The zero-order valence-corrected chi connectivity index (χ0v) is 23.1. The molecule has 2 aromatic rings. The molecule has 196 valence electrons. The van der Waals surface area contributed by atoms with Gasteiger partial charge in [0, 0.05) is 28.9 Å². The van der Waals surface area contributed by atoms with Gasteiger partial charge in [-0.05, 0) is 62.7 Å². The Labute approximate surface area is 228 Å². The molecule has 4 bridgehead atoms. The Morgan fingerprint density at radius 3 is 1.76 bits per heavy atom. The van der Waals surface area contributed by atoms with Crippen molar-refractivity contribution in [3.8, 4) is 0 Å². The smallest absolute Gasteiger partial charge is 0.155 e. The largest absolute Gasteiger partial charge is 0.389 e. The van der Waals surface area contributed by atoms with Crippen molar-refractivity contribution in [3.63, 3.8) is 0 Å². The van der Waals surface area contributed by atoms with E-state index in [0.29, 0.717) is 23.8 Å². The summed E-state index contributed by atoms with van der Waals surface area (Å²) in [5, 5.41) is 12.7. The molecule has 0 heterocycles. The maximum absolute atomic E-state index is 12.7. The minimum Gasteiger partial charge on any atom is -0.389 e. The molecule has 0 spiro atoms. The zero-order valence-electron chi connectivity index (χ0n) is 22.3. The lowest BCUT2D eigenvalue weighted by Gasteiger charge is -2.67. The first-order valence-electron chi connectivity index (χ1n) is 14.5. The van der Waals surface area contributed by atoms with Gasteiger partial charge in [-0.2, -0.15) is 0 Å². The lowest BCUT2D eigenvalue weighted by atomic mass is 9.38. The summed E-state index contributed by atoms with van der Waals surface area (Å²) in [7, 11) is 0. The summed E-state index contributed by atoms with van der Waals surface area (Å²) in [4.78, 5) is 0. The highest BCUT2D eigenvalue weighted by molar-refractivity contribution is 6.16. The van der Waals surface area contributed by atoms with E-state index in [4.69, 9.17) is 11.6 Å². The maximum Gasteiger partial charge on any atom is 0.155 e. The molecule has 4 fully saturated rings. The van der Waals surface area contributed by atoms with Crippen molar-refractivity contribution in [2.75, 3.05) is 12.5 Å². The topological polar surface area (TPSA) is 20.2 Å². The summed E-state index contributed by atoms with van der Waals surface area (Å²) >= 11 is 6.89. The highest BCUT2D eigenvalue weighted by Gasteiger charge is 2.66. The molecule has 37 heavy (non-hydrogen) atoms. The Bertz CT molecular complexity index is 1040. The zero-order chi connectivity index (χ0) is 25.5. The third-order valence-corrected chi connectivity index (χ3v) is 11.3. The second-order valence-electron chi connectivity index (χ2n) is 13.0. The first kappa shape index (κ1) is 25.4. The van der Waals surface area contributed by atoms with E-state index in [-0.39, 0.29) is 5.41 Å². The third-order valence-electron chi connectivity index (χ3n) is 10.8. The van der Waals surface area contributed by atoms with Gasteiger partial charge in [0.25, 0.3) is 0 Å². The molecular formula is C34H43ClNO+. The molecule has 7 rings (SSSR count). The van der Waals surface area contributed by atoms with E-state index in [1.807, 2.05) is 0 Å². The number of hydrogen-bond acceptors (Lipinski definition) is 1. The van der Waals surface area contributed by atoms with Crippen molar-refractivity contribution in [2.45, 2.75) is 64.1 Å². The predicted octanol–water partition coefficient (Wildman–Crippen LogP) is 7.73. The van der Waals surface area contributed by atoms with Crippen LogP contribution in [0, 0.1) is 35.0 Å². The van der Waals surface area contributed by atoms with E-state index in [9.17, 15) is 5.11 Å². The van der Waals surface area contributed by atoms with Gasteiger partial charge in [0.2, 0.25) is 0 Å². The molecule has 2 nitrogen and oxygen atoms in total. The summed E-state index contributed by atoms with van der Waals surface area (Å²) < 4.78 is 0.749. The van der Waals surface area contributed by atoms with Gasteiger partial charge in [-0.1, -0.05) is 96.6 Å². The molecule has 3 heteroatoms. The second kappa shape index (κ2) is 10.0. The number of alkyl halides is 1. The van der Waals surface area contributed by atoms with Crippen LogP contribution in [0.4, 0.5) is 0 Å². The molecule has 0 unspecified atom stereocenters. The molecular weight excluding hydrogens is 474 g/mol. The van der Waals surface area contributed by atoms with Gasteiger partial charge in [0.1, 0.15) is 13.1 Å². The molecule has 4 saturated carbocycles. The molecule has 0 radical (unpaired) electrons. The van der Waals surface area contributed by atoms with Crippen LogP contribution in [0.5, 0.6) is 0 Å². The number of hydrogen-bond donors (Lipinski definition) is 1. The van der Waals surface area contributed by atoms with Crippen LogP contribution in [-0.2, 0) is 13.1 Å². The van der Waals surface area contributed by atoms with Crippen molar-refractivity contribution in [3.05, 3.63) is 96.1 Å². The van der Waals surface area contributed by atoms with E-state index in [1.165, 1.54) is 43.2 Å². The molecule has 5 aliphatic carbocycles. The predicted molar refractivity (Wildman–Crippen MR) is 153 cm³/mol. The Kier molecular flexibility index (Phi) is 6.88. The Balaban J connectivity index is 1.32. The van der Waals surface area contributed by atoms with Crippen molar-refractivity contribution >= 4 is 11.6 Å². The van der Waals surface area contributed by atoms with Crippen LogP contribution >= 0.6 is 11.6 Å². The van der Waals surface area contributed by atoms with Crippen LogP contribution in [0.15, 0.2) is 85.0 Å². The molecule has 0 saturated heterocycles. The summed E-state index contributed by atoms with van der Waals surface area (Å²) in [6, 6.07) is 22.1. The van der Waals surface area contributed by atoms with E-state index in [1.54, 1.807) is 0 Å². The summed E-state index contributed by atoms with van der Waals surface area (Å²) in [6.07, 6.45) is 16.7. The first-order valence-corrected chi connectivity index (χ1v) is 15.0. The number of aliphatic hydroxyl groups is 1. The SMILES string of the molecule is C[C@](O)(CC[N+](CCl)(Cc1ccccc1)Cc1ccccc1)C1(C2C=CC=C2)C2CC3CC(C2)CC1C3. The van der Waals surface area contributed by atoms with Crippen molar-refractivity contribution in [1.82, 2.24) is 0 Å². The fourth-order valence-corrected chi connectivity index (χ4v) is 9.76. The average Bonchev–Trinajstić information content (AvgIpc) is 3.43. The van der Waals surface area contributed by atoms with E-state index >= 15 is 0 Å². The monoisotopic (exact) mass is 516 g/mol. The van der Waals surface area contributed by atoms with E-state index in [0.717, 1.165) is 42.4 Å². The van der Waals surface area contributed by atoms with Gasteiger partial charge >= 0.3 is 0 Å². The van der Waals surface area contributed by atoms with Crippen LogP contribution in [0.3, 0.4) is 0 Å². The molecule has 0 amide bonds.